The lowest BCUT2D eigenvalue weighted by atomic mass is 10.2. The third-order valence-corrected chi connectivity index (χ3v) is 2.50. The van der Waals surface area contributed by atoms with E-state index in [9.17, 15) is 4.79 Å². The number of terminal acetylenes is 1. The molecule has 1 amide bonds. The first-order valence-corrected chi connectivity index (χ1v) is 6.03. The van der Waals surface area contributed by atoms with Gasteiger partial charge in [0, 0.05) is 7.11 Å². The third kappa shape index (κ3) is 4.64. The molecule has 0 saturated heterocycles. The summed E-state index contributed by atoms with van der Waals surface area (Å²) in [6.45, 7) is 1.84. The van der Waals surface area contributed by atoms with Crippen LogP contribution in [-0.2, 0) is 9.53 Å². The predicted octanol–water partition coefficient (Wildman–Crippen LogP) is 1.09. The van der Waals surface area contributed by atoms with E-state index in [0.717, 1.165) is 0 Å². The normalized spacial score (nSPS) is 12.6. The highest BCUT2D eigenvalue weighted by molar-refractivity contribution is 5.81. The Bertz CT molecular complexity index is 543. The maximum atomic E-state index is 11.9. The Balaban J connectivity index is 2.61. The van der Waals surface area contributed by atoms with E-state index in [1.807, 2.05) is 6.07 Å². The highest BCUT2D eigenvalue weighted by atomic mass is 16.5. The summed E-state index contributed by atoms with van der Waals surface area (Å²) < 4.78 is 10.4. The summed E-state index contributed by atoms with van der Waals surface area (Å²) in [7, 11) is 1.50. The Kier molecular flexibility index (Phi) is 6.09. The summed E-state index contributed by atoms with van der Waals surface area (Å²) >= 11 is 0. The molecule has 0 radical (unpaired) electrons. The first kappa shape index (κ1) is 15.6. The molecule has 0 saturated carbocycles. The van der Waals surface area contributed by atoms with Gasteiger partial charge in [-0.2, -0.15) is 5.26 Å². The smallest absolute Gasteiger partial charge is 0.261 e. The summed E-state index contributed by atoms with van der Waals surface area (Å²) in [5, 5.41) is 11.4. The fourth-order valence-electron chi connectivity index (χ4n) is 1.48. The minimum atomic E-state index is -0.725. The molecule has 0 aliphatic carbocycles. The molecule has 2 atom stereocenters. The summed E-state index contributed by atoms with van der Waals surface area (Å²) in [4.78, 5) is 11.9. The van der Waals surface area contributed by atoms with Crippen molar-refractivity contribution >= 4 is 5.91 Å². The van der Waals surface area contributed by atoms with Gasteiger partial charge in [0.2, 0.25) is 0 Å². The maximum absolute atomic E-state index is 11.9. The molecule has 0 aromatic heterocycles. The number of rotatable bonds is 6. The van der Waals surface area contributed by atoms with Gasteiger partial charge in [-0.1, -0.05) is 12.0 Å². The number of carbonyl (C=O) groups excluding carboxylic acids is 1. The van der Waals surface area contributed by atoms with Crippen molar-refractivity contribution in [3.05, 3.63) is 29.8 Å². The van der Waals surface area contributed by atoms with Gasteiger partial charge in [0.25, 0.3) is 5.91 Å². The largest absolute Gasteiger partial charge is 0.481 e. The lowest BCUT2D eigenvalue weighted by Gasteiger charge is -2.17. The van der Waals surface area contributed by atoms with E-state index >= 15 is 0 Å². The number of methoxy groups -OCH3 is 1. The van der Waals surface area contributed by atoms with Crippen LogP contribution in [0.1, 0.15) is 12.5 Å². The van der Waals surface area contributed by atoms with Crippen LogP contribution in [0.15, 0.2) is 24.3 Å². The molecular weight excluding hydrogens is 256 g/mol. The number of nitriles is 1. The zero-order valence-electron chi connectivity index (χ0n) is 11.4. The van der Waals surface area contributed by atoms with E-state index in [1.165, 1.54) is 7.11 Å². The lowest BCUT2D eigenvalue weighted by molar-refractivity contribution is -0.127. The lowest BCUT2D eigenvalue weighted by Crippen LogP contribution is -2.43. The van der Waals surface area contributed by atoms with Crippen LogP contribution in [0, 0.1) is 23.7 Å². The molecule has 0 bridgehead atoms. The van der Waals surface area contributed by atoms with Gasteiger partial charge in [0.1, 0.15) is 11.8 Å². The number of amides is 1. The van der Waals surface area contributed by atoms with Gasteiger partial charge in [-0.15, -0.1) is 6.42 Å². The Labute approximate surface area is 118 Å². The summed E-state index contributed by atoms with van der Waals surface area (Å²) in [6, 6.07) is 8.10. The Morgan fingerprint density at radius 3 is 2.90 bits per heavy atom. The van der Waals surface area contributed by atoms with Crippen LogP contribution in [-0.4, -0.2) is 31.8 Å². The number of hydrogen-bond acceptors (Lipinski definition) is 4. The van der Waals surface area contributed by atoms with Crippen molar-refractivity contribution in [2.24, 2.45) is 0 Å². The van der Waals surface area contributed by atoms with E-state index in [1.54, 1.807) is 31.2 Å². The molecule has 0 heterocycles. The summed E-state index contributed by atoms with van der Waals surface area (Å²) in [5.41, 5.74) is 0.469. The highest BCUT2D eigenvalue weighted by Gasteiger charge is 2.17. The second-order valence-corrected chi connectivity index (χ2v) is 4.08. The molecule has 1 aromatic carbocycles. The molecule has 0 aliphatic rings. The topological polar surface area (TPSA) is 71.3 Å². The van der Waals surface area contributed by atoms with E-state index in [-0.39, 0.29) is 12.5 Å². The van der Waals surface area contributed by atoms with Crippen LogP contribution in [0.5, 0.6) is 5.75 Å². The van der Waals surface area contributed by atoms with Crippen LogP contribution in [0.4, 0.5) is 0 Å². The van der Waals surface area contributed by atoms with Crippen molar-refractivity contribution in [3.8, 4) is 24.2 Å². The molecular formula is C15H16N2O3. The number of carbonyl (C=O) groups is 1. The van der Waals surface area contributed by atoms with Crippen LogP contribution < -0.4 is 10.1 Å². The molecule has 5 heteroatoms. The third-order valence-electron chi connectivity index (χ3n) is 2.50. The Morgan fingerprint density at radius 2 is 2.30 bits per heavy atom. The van der Waals surface area contributed by atoms with E-state index in [0.29, 0.717) is 11.3 Å². The second-order valence-electron chi connectivity index (χ2n) is 4.08. The second kappa shape index (κ2) is 7.83. The molecule has 104 valence electrons. The van der Waals surface area contributed by atoms with Crippen LogP contribution >= 0.6 is 0 Å². The summed E-state index contributed by atoms with van der Waals surface area (Å²) in [6.07, 6.45) is 4.55. The average Bonchev–Trinajstić information content (AvgIpc) is 2.46. The fraction of sp³-hybridized carbons (Fsp3) is 0.333. The van der Waals surface area contributed by atoms with Crippen molar-refractivity contribution < 1.29 is 14.3 Å². The molecule has 1 N–H and O–H groups in total. The van der Waals surface area contributed by atoms with Gasteiger partial charge in [-0.25, -0.2) is 0 Å². The zero-order valence-corrected chi connectivity index (χ0v) is 11.4. The standard InChI is InChI=1S/C15H16N2O3/c1-4-13(10-19-3)17-15(18)11(2)20-14-7-5-6-12(8-14)9-16/h1,5-8,11,13H,10H2,2-3H3,(H,17,18)/t11-,13+/m0/s1. The van der Waals surface area contributed by atoms with Gasteiger partial charge < -0.3 is 14.8 Å². The van der Waals surface area contributed by atoms with E-state index in [2.05, 4.69) is 11.2 Å². The van der Waals surface area contributed by atoms with Crippen molar-refractivity contribution in [2.75, 3.05) is 13.7 Å². The van der Waals surface area contributed by atoms with Gasteiger partial charge in [-0.05, 0) is 25.1 Å². The van der Waals surface area contributed by atoms with Crippen LogP contribution in [0.2, 0.25) is 0 Å². The van der Waals surface area contributed by atoms with Crippen molar-refractivity contribution in [3.63, 3.8) is 0 Å². The maximum Gasteiger partial charge on any atom is 0.261 e. The fourth-order valence-corrected chi connectivity index (χ4v) is 1.48. The molecule has 0 aliphatic heterocycles. The van der Waals surface area contributed by atoms with Crippen LogP contribution in [0.25, 0.3) is 0 Å². The monoisotopic (exact) mass is 272 g/mol. The minimum absolute atomic E-state index is 0.235. The number of benzene rings is 1. The van der Waals surface area contributed by atoms with Gasteiger partial charge >= 0.3 is 0 Å². The van der Waals surface area contributed by atoms with Gasteiger partial charge in [-0.3, -0.25) is 4.79 Å². The number of hydrogen-bond donors (Lipinski definition) is 1. The average molecular weight is 272 g/mol. The molecule has 0 unspecified atom stereocenters. The molecule has 20 heavy (non-hydrogen) atoms. The van der Waals surface area contributed by atoms with Crippen LogP contribution in [0.3, 0.4) is 0 Å². The quantitative estimate of drug-likeness (QED) is 0.787. The van der Waals surface area contributed by atoms with Gasteiger partial charge in [0.05, 0.1) is 18.2 Å². The molecule has 5 nitrogen and oxygen atoms in total. The SMILES string of the molecule is C#C[C@H](COC)NC(=O)[C@H](C)Oc1cccc(C#N)c1. The number of ether oxygens (including phenoxy) is 2. The van der Waals surface area contributed by atoms with E-state index in [4.69, 9.17) is 21.2 Å². The zero-order chi connectivity index (χ0) is 15.0. The van der Waals surface area contributed by atoms with Crippen molar-refractivity contribution in [1.82, 2.24) is 5.32 Å². The van der Waals surface area contributed by atoms with E-state index < -0.39 is 12.1 Å². The number of nitrogens with zero attached hydrogens (tertiary/aromatic N) is 1. The first-order valence-electron chi connectivity index (χ1n) is 6.03. The first-order chi connectivity index (χ1) is 9.60. The molecule has 0 spiro atoms. The number of nitrogens with one attached hydrogen (secondary N) is 1. The Morgan fingerprint density at radius 1 is 1.55 bits per heavy atom. The molecule has 1 aromatic rings. The van der Waals surface area contributed by atoms with Gasteiger partial charge in [0.15, 0.2) is 6.10 Å². The van der Waals surface area contributed by atoms with Crippen molar-refractivity contribution in [1.29, 1.82) is 5.26 Å². The molecule has 0 fully saturated rings. The predicted molar refractivity (Wildman–Crippen MR) is 73.9 cm³/mol. The molecule has 1 rings (SSSR count). The Hall–Kier alpha value is -2.50. The minimum Gasteiger partial charge on any atom is -0.481 e. The summed E-state index contributed by atoms with van der Waals surface area (Å²) in [5.74, 6) is 2.53. The van der Waals surface area contributed by atoms with Crippen molar-refractivity contribution in [2.45, 2.75) is 19.1 Å². The highest BCUT2D eigenvalue weighted by Crippen LogP contribution is 2.14.